The molecule has 0 bridgehead atoms. The van der Waals surface area contributed by atoms with Crippen molar-refractivity contribution >= 4 is 28.0 Å². The molecule has 0 amide bonds. The molecule has 5 heteroatoms. The average molecular weight is 297 g/mol. The van der Waals surface area contributed by atoms with Crippen LogP contribution < -0.4 is 4.74 Å². The van der Waals surface area contributed by atoms with Crippen LogP contribution in [0.25, 0.3) is 21.9 Å². The Hall–Kier alpha value is -2.52. The van der Waals surface area contributed by atoms with Crippen LogP contribution >= 0.6 is 0 Å². The third-order valence-corrected chi connectivity index (χ3v) is 4.31. The molecule has 0 aliphatic heterocycles. The van der Waals surface area contributed by atoms with Crippen molar-refractivity contribution in [3.63, 3.8) is 0 Å². The van der Waals surface area contributed by atoms with Gasteiger partial charge < -0.3 is 13.6 Å². The second kappa shape index (κ2) is 4.24. The van der Waals surface area contributed by atoms with Crippen LogP contribution in [0.15, 0.2) is 26.0 Å². The minimum Gasteiger partial charge on any atom is -0.492 e. The number of benzene rings is 1. The number of carbonyl (C=O) groups excluding carboxylic acids is 1. The molecule has 2 aromatic heterocycles. The summed E-state index contributed by atoms with van der Waals surface area (Å²) >= 11 is 0. The van der Waals surface area contributed by atoms with E-state index in [9.17, 15) is 4.79 Å². The molecule has 1 saturated carbocycles. The molecular weight excluding hydrogens is 282 g/mol. The number of aryl methyl sites for hydroxylation is 2. The van der Waals surface area contributed by atoms with Crippen molar-refractivity contribution in [3.8, 4) is 5.75 Å². The Bertz CT molecular complexity index is 895. The fourth-order valence-corrected chi connectivity index (χ4v) is 3.27. The summed E-state index contributed by atoms with van der Waals surface area (Å²) in [6.07, 6.45) is 3.33. The fourth-order valence-electron chi connectivity index (χ4n) is 3.27. The first-order valence-electron chi connectivity index (χ1n) is 7.19. The highest BCUT2D eigenvalue weighted by Crippen LogP contribution is 2.56. The topological polar surface area (TPSA) is 64.9 Å². The van der Waals surface area contributed by atoms with Crippen molar-refractivity contribution in [2.45, 2.75) is 32.2 Å². The van der Waals surface area contributed by atoms with E-state index in [1.54, 1.807) is 13.2 Å². The van der Waals surface area contributed by atoms with Gasteiger partial charge in [-0.05, 0) is 38.8 Å². The van der Waals surface area contributed by atoms with Crippen molar-refractivity contribution in [2.75, 3.05) is 7.11 Å². The number of methoxy groups -OCH3 is 1. The largest absolute Gasteiger partial charge is 0.492 e. The zero-order valence-corrected chi connectivity index (χ0v) is 12.6. The highest BCUT2D eigenvalue weighted by Gasteiger charge is 2.49. The Morgan fingerprint density at radius 1 is 1.14 bits per heavy atom. The molecule has 22 heavy (non-hydrogen) atoms. The molecule has 2 heterocycles. The summed E-state index contributed by atoms with van der Waals surface area (Å²) in [5.41, 5.74) is 1.77. The Morgan fingerprint density at radius 3 is 2.36 bits per heavy atom. The summed E-state index contributed by atoms with van der Waals surface area (Å²) in [6, 6.07) is 3.88. The summed E-state index contributed by atoms with van der Waals surface area (Å²) in [7, 11) is 1.62. The molecule has 0 atom stereocenters. The van der Waals surface area contributed by atoms with Crippen molar-refractivity contribution in [1.29, 1.82) is 0 Å². The van der Waals surface area contributed by atoms with Crippen LogP contribution in [0.5, 0.6) is 5.75 Å². The smallest absolute Gasteiger partial charge is 0.235 e. The highest BCUT2D eigenvalue weighted by atomic mass is 16.5. The van der Waals surface area contributed by atoms with Crippen LogP contribution in [0, 0.1) is 13.8 Å². The first kappa shape index (κ1) is 13.2. The molecule has 112 valence electrons. The van der Waals surface area contributed by atoms with Gasteiger partial charge in [-0.1, -0.05) is 0 Å². The number of nitrogens with zero attached hydrogens (tertiary/aromatic N) is 1. The molecule has 0 radical (unpaired) electrons. The molecule has 5 nitrogen and oxygen atoms in total. The number of isocyanates is 1. The second-order valence-electron chi connectivity index (χ2n) is 5.84. The monoisotopic (exact) mass is 297 g/mol. The maximum atomic E-state index is 10.9. The molecule has 4 rings (SSSR count). The summed E-state index contributed by atoms with van der Waals surface area (Å²) in [6.45, 7) is 3.78. The van der Waals surface area contributed by atoms with Gasteiger partial charge in [-0.25, -0.2) is 4.79 Å². The second-order valence-corrected chi connectivity index (χ2v) is 5.84. The zero-order valence-electron chi connectivity index (χ0n) is 12.6. The number of furan rings is 2. The van der Waals surface area contributed by atoms with Crippen LogP contribution in [0.2, 0.25) is 0 Å². The molecule has 0 spiro atoms. The molecular formula is C17H15NO4. The summed E-state index contributed by atoms with van der Waals surface area (Å²) in [4.78, 5) is 14.9. The maximum absolute atomic E-state index is 10.9. The van der Waals surface area contributed by atoms with E-state index < -0.39 is 5.54 Å². The summed E-state index contributed by atoms with van der Waals surface area (Å²) in [5, 5.41) is 1.75. The lowest BCUT2D eigenvalue weighted by atomic mass is 9.97. The Morgan fingerprint density at radius 2 is 1.77 bits per heavy atom. The highest BCUT2D eigenvalue weighted by molar-refractivity contribution is 6.06. The van der Waals surface area contributed by atoms with E-state index in [4.69, 9.17) is 13.6 Å². The van der Waals surface area contributed by atoms with Gasteiger partial charge >= 0.3 is 0 Å². The van der Waals surface area contributed by atoms with E-state index in [0.717, 1.165) is 46.3 Å². The SMILES string of the molecule is COc1c2cc(C)oc2c(C2(N=C=O)CC2)c2cc(C)oc12. The third-order valence-electron chi connectivity index (χ3n) is 4.31. The fraction of sp³-hybridized carbons (Fsp3) is 0.353. The van der Waals surface area contributed by atoms with E-state index >= 15 is 0 Å². The molecule has 1 aromatic carbocycles. The number of hydrogen-bond acceptors (Lipinski definition) is 5. The van der Waals surface area contributed by atoms with E-state index in [2.05, 4.69) is 4.99 Å². The van der Waals surface area contributed by atoms with Crippen LogP contribution in [-0.2, 0) is 10.3 Å². The van der Waals surface area contributed by atoms with Gasteiger partial charge in [-0.15, -0.1) is 0 Å². The first-order valence-corrected chi connectivity index (χ1v) is 7.19. The van der Waals surface area contributed by atoms with Gasteiger partial charge in [0.25, 0.3) is 0 Å². The molecule has 1 aliphatic rings. The Labute approximate surface area is 126 Å². The van der Waals surface area contributed by atoms with Crippen molar-refractivity contribution < 1.29 is 18.4 Å². The minimum absolute atomic E-state index is 0.537. The molecule has 3 aromatic rings. The molecule has 0 N–H and O–H groups in total. The summed E-state index contributed by atoms with van der Waals surface area (Å²) < 4.78 is 17.3. The molecule has 0 unspecified atom stereocenters. The van der Waals surface area contributed by atoms with Gasteiger partial charge in [0, 0.05) is 10.9 Å². The Balaban J connectivity index is 2.23. The third kappa shape index (κ3) is 1.60. The van der Waals surface area contributed by atoms with E-state index in [1.165, 1.54) is 0 Å². The van der Waals surface area contributed by atoms with Crippen LogP contribution in [0.4, 0.5) is 0 Å². The quantitative estimate of drug-likeness (QED) is 0.538. The van der Waals surface area contributed by atoms with E-state index in [-0.39, 0.29) is 0 Å². The van der Waals surface area contributed by atoms with Gasteiger partial charge in [0.2, 0.25) is 6.08 Å². The van der Waals surface area contributed by atoms with Crippen molar-refractivity contribution in [3.05, 3.63) is 29.2 Å². The predicted octanol–water partition coefficient (Wildman–Crippen LogP) is 4.13. The summed E-state index contributed by atoms with van der Waals surface area (Å²) in [5.74, 6) is 2.22. The average Bonchev–Trinajstić information content (AvgIpc) is 2.98. The first-order chi connectivity index (χ1) is 10.6. The standard InChI is InChI=1S/C17H15NO4/c1-9-6-11-13(17(4-5-17)18-8-19)14-12(7-10(2)21-14)15(20-3)16(11)22-9/h6-7H,4-5H2,1-3H3. The van der Waals surface area contributed by atoms with Gasteiger partial charge in [0.1, 0.15) is 22.6 Å². The van der Waals surface area contributed by atoms with Crippen LogP contribution in [0.3, 0.4) is 0 Å². The number of rotatable bonds is 3. The normalized spacial score (nSPS) is 16.0. The van der Waals surface area contributed by atoms with Crippen LogP contribution in [0.1, 0.15) is 29.9 Å². The zero-order chi connectivity index (χ0) is 15.5. The lowest BCUT2D eigenvalue weighted by Gasteiger charge is -2.12. The van der Waals surface area contributed by atoms with Crippen molar-refractivity contribution in [2.24, 2.45) is 4.99 Å². The van der Waals surface area contributed by atoms with E-state index in [0.29, 0.717) is 11.3 Å². The maximum Gasteiger partial charge on any atom is 0.235 e. The number of hydrogen-bond donors (Lipinski definition) is 0. The van der Waals surface area contributed by atoms with E-state index in [1.807, 2.05) is 26.0 Å². The van der Waals surface area contributed by atoms with Crippen molar-refractivity contribution in [1.82, 2.24) is 0 Å². The van der Waals surface area contributed by atoms with Crippen LogP contribution in [-0.4, -0.2) is 13.2 Å². The number of fused-ring (bicyclic) bond motifs is 2. The Kier molecular flexibility index (Phi) is 2.54. The molecule has 1 aliphatic carbocycles. The van der Waals surface area contributed by atoms with Gasteiger partial charge in [0.05, 0.1) is 12.5 Å². The molecule has 1 fully saturated rings. The predicted molar refractivity (Wildman–Crippen MR) is 81.0 cm³/mol. The van der Waals surface area contributed by atoms with Gasteiger partial charge in [0.15, 0.2) is 11.3 Å². The van der Waals surface area contributed by atoms with Gasteiger partial charge in [-0.2, -0.15) is 4.99 Å². The lowest BCUT2D eigenvalue weighted by molar-refractivity contribution is 0.413. The number of aliphatic imine (C=N–C) groups is 1. The van der Waals surface area contributed by atoms with Gasteiger partial charge in [-0.3, -0.25) is 0 Å². The lowest BCUT2D eigenvalue weighted by Crippen LogP contribution is -2.04. The minimum atomic E-state index is -0.537. The molecule has 0 saturated heterocycles. The number of ether oxygens (including phenoxy) is 1.